The Morgan fingerprint density at radius 2 is 2.14 bits per heavy atom. The summed E-state index contributed by atoms with van der Waals surface area (Å²) in [7, 11) is 0. The number of aryl methyl sites for hydroxylation is 1. The van der Waals surface area contributed by atoms with Gasteiger partial charge < -0.3 is 15.0 Å². The van der Waals surface area contributed by atoms with Crippen LogP contribution >= 0.6 is 0 Å². The van der Waals surface area contributed by atoms with Crippen molar-refractivity contribution in [3.8, 4) is 0 Å². The second-order valence-electron chi connectivity index (χ2n) is 8.32. The minimum atomic E-state index is -0.298. The zero-order valence-corrected chi connectivity index (χ0v) is 17.3. The second-order valence-corrected chi connectivity index (χ2v) is 8.32. The Hall–Kier alpha value is -1.92. The fourth-order valence-electron chi connectivity index (χ4n) is 4.02. The van der Waals surface area contributed by atoms with Gasteiger partial charge in [0.15, 0.2) is 0 Å². The zero-order chi connectivity index (χ0) is 20.1. The van der Waals surface area contributed by atoms with Crippen LogP contribution in [0.25, 0.3) is 0 Å². The summed E-state index contributed by atoms with van der Waals surface area (Å²) < 4.78 is 5.81. The number of morpholine rings is 1. The quantitative estimate of drug-likeness (QED) is 0.778. The highest BCUT2D eigenvalue weighted by atomic mass is 16.5. The number of rotatable bonds is 7. The van der Waals surface area contributed by atoms with Crippen LogP contribution < -0.4 is 10.2 Å². The number of ether oxygens (including phenoxy) is 1. The van der Waals surface area contributed by atoms with Crippen LogP contribution in [0.4, 0.5) is 5.69 Å². The van der Waals surface area contributed by atoms with Crippen LogP contribution in [0.3, 0.4) is 0 Å². The summed E-state index contributed by atoms with van der Waals surface area (Å²) in [5, 5.41) is 3.01. The van der Waals surface area contributed by atoms with Crippen molar-refractivity contribution >= 4 is 17.5 Å². The number of carbonyl (C=O) groups excluding carboxylic acids is 2. The Kier molecular flexibility index (Phi) is 7.08. The van der Waals surface area contributed by atoms with E-state index in [1.165, 1.54) is 5.56 Å². The lowest BCUT2D eigenvalue weighted by Gasteiger charge is -2.34. The predicted octanol–water partition coefficient (Wildman–Crippen LogP) is 2.07. The molecule has 2 aliphatic heterocycles. The van der Waals surface area contributed by atoms with E-state index in [4.69, 9.17) is 4.74 Å². The molecule has 2 aliphatic rings. The molecule has 0 spiro atoms. The van der Waals surface area contributed by atoms with E-state index < -0.39 is 0 Å². The minimum Gasteiger partial charge on any atom is -0.374 e. The third-order valence-electron chi connectivity index (χ3n) is 5.48. The molecule has 3 rings (SSSR count). The summed E-state index contributed by atoms with van der Waals surface area (Å²) in [6.45, 7) is 11.0. The lowest BCUT2D eigenvalue weighted by atomic mass is 10.1. The molecule has 0 aromatic heterocycles. The van der Waals surface area contributed by atoms with E-state index in [0.717, 1.165) is 31.7 Å². The van der Waals surface area contributed by atoms with Crippen LogP contribution in [0, 0.1) is 11.8 Å². The Morgan fingerprint density at radius 1 is 1.32 bits per heavy atom. The molecule has 6 heteroatoms. The van der Waals surface area contributed by atoms with Crippen molar-refractivity contribution in [1.82, 2.24) is 10.2 Å². The standard InChI is InChI=1S/C22H33N3O3/c1-4-17-6-5-7-19(10-17)25-14-18(11-21(25)26)22(27)23-12-20-15-24(8-9-28-20)13-16(2)3/h5-7,10,16,18,20H,4,8-9,11-15H2,1-3H3,(H,23,27)/t18-,20-/m1/s1. The van der Waals surface area contributed by atoms with Gasteiger partial charge in [0, 0.05) is 44.8 Å². The predicted molar refractivity (Wildman–Crippen MR) is 110 cm³/mol. The topological polar surface area (TPSA) is 61.9 Å². The molecular weight excluding hydrogens is 354 g/mol. The fraction of sp³-hybridized carbons (Fsp3) is 0.636. The van der Waals surface area contributed by atoms with E-state index in [-0.39, 0.29) is 30.3 Å². The van der Waals surface area contributed by atoms with E-state index in [1.54, 1.807) is 4.90 Å². The maximum atomic E-state index is 12.6. The van der Waals surface area contributed by atoms with Crippen molar-refractivity contribution in [3.63, 3.8) is 0 Å². The molecular formula is C22H33N3O3. The van der Waals surface area contributed by atoms with Crippen molar-refractivity contribution in [2.45, 2.75) is 39.7 Å². The SMILES string of the molecule is CCc1cccc(N2C[C@H](C(=O)NC[C@@H]3CN(CC(C)C)CCO3)CC2=O)c1. The summed E-state index contributed by atoms with van der Waals surface area (Å²) in [6, 6.07) is 8.01. The lowest BCUT2D eigenvalue weighted by Crippen LogP contribution is -2.49. The smallest absolute Gasteiger partial charge is 0.227 e. The van der Waals surface area contributed by atoms with Crippen molar-refractivity contribution in [3.05, 3.63) is 29.8 Å². The Morgan fingerprint density at radius 3 is 2.89 bits per heavy atom. The highest BCUT2D eigenvalue weighted by Crippen LogP contribution is 2.26. The largest absolute Gasteiger partial charge is 0.374 e. The number of carbonyl (C=O) groups is 2. The van der Waals surface area contributed by atoms with Crippen molar-refractivity contribution in [2.75, 3.05) is 44.2 Å². The maximum Gasteiger partial charge on any atom is 0.227 e. The third kappa shape index (κ3) is 5.32. The normalized spacial score (nSPS) is 23.4. The van der Waals surface area contributed by atoms with Gasteiger partial charge in [-0.2, -0.15) is 0 Å². The molecule has 28 heavy (non-hydrogen) atoms. The summed E-state index contributed by atoms with van der Waals surface area (Å²) in [6.07, 6.45) is 1.22. The first-order valence-electron chi connectivity index (χ1n) is 10.5. The van der Waals surface area contributed by atoms with Crippen LogP contribution in [-0.2, 0) is 20.7 Å². The average Bonchev–Trinajstić information content (AvgIpc) is 3.08. The van der Waals surface area contributed by atoms with Gasteiger partial charge in [0.25, 0.3) is 0 Å². The highest BCUT2D eigenvalue weighted by Gasteiger charge is 2.35. The van der Waals surface area contributed by atoms with Gasteiger partial charge in [0.05, 0.1) is 18.6 Å². The molecule has 6 nitrogen and oxygen atoms in total. The number of hydrogen-bond acceptors (Lipinski definition) is 4. The van der Waals surface area contributed by atoms with E-state index in [0.29, 0.717) is 25.6 Å². The van der Waals surface area contributed by atoms with Gasteiger partial charge in [-0.1, -0.05) is 32.9 Å². The van der Waals surface area contributed by atoms with Gasteiger partial charge in [0.2, 0.25) is 11.8 Å². The van der Waals surface area contributed by atoms with Crippen LogP contribution in [0.5, 0.6) is 0 Å². The number of hydrogen-bond donors (Lipinski definition) is 1. The Balaban J connectivity index is 1.50. The van der Waals surface area contributed by atoms with Crippen LogP contribution in [0.1, 0.15) is 32.8 Å². The van der Waals surface area contributed by atoms with Gasteiger partial charge in [-0.25, -0.2) is 0 Å². The molecule has 0 unspecified atom stereocenters. The molecule has 1 aromatic carbocycles. The number of amides is 2. The first kappa shape index (κ1) is 20.8. The average molecular weight is 388 g/mol. The first-order valence-corrected chi connectivity index (χ1v) is 10.5. The molecule has 0 aliphatic carbocycles. The monoisotopic (exact) mass is 387 g/mol. The molecule has 0 bridgehead atoms. The number of benzene rings is 1. The second kappa shape index (κ2) is 9.52. The van der Waals surface area contributed by atoms with Crippen molar-refractivity contribution in [2.24, 2.45) is 11.8 Å². The van der Waals surface area contributed by atoms with Gasteiger partial charge in [-0.05, 0) is 30.0 Å². The van der Waals surface area contributed by atoms with Gasteiger partial charge in [0.1, 0.15) is 0 Å². The minimum absolute atomic E-state index is 0.0189. The first-order chi connectivity index (χ1) is 13.5. The Bertz CT molecular complexity index is 691. The molecule has 2 saturated heterocycles. The van der Waals surface area contributed by atoms with E-state index in [1.807, 2.05) is 18.2 Å². The zero-order valence-electron chi connectivity index (χ0n) is 17.3. The van der Waals surface area contributed by atoms with Gasteiger partial charge in [-0.3, -0.25) is 14.5 Å². The molecule has 2 heterocycles. The van der Waals surface area contributed by atoms with Crippen LogP contribution in [0.2, 0.25) is 0 Å². The van der Waals surface area contributed by atoms with Gasteiger partial charge in [-0.15, -0.1) is 0 Å². The molecule has 1 aromatic rings. The van der Waals surface area contributed by atoms with E-state index in [2.05, 4.69) is 37.1 Å². The summed E-state index contributed by atoms with van der Waals surface area (Å²) in [4.78, 5) is 29.2. The third-order valence-corrected chi connectivity index (χ3v) is 5.48. The number of nitrogens with one attached hydrogen (secondary N) is 1. The van der Waals surface area contributed by atoms with E-state index in [9.17, 15) is 9.59 Å². The molecule has 0 radical (unpaired) electrons. The fourth-order valence-corrected chi connectivity index (χ4v) is 4.02. The number of anilines is 1. The molecule has 2 atom stereocenters. The van der Waals surface area contributed by atoms with Crippen LogP contribution in [0.15, 0.2) is 24.3 Å². The maximum absolute atomic E-state index is 12.6. The van der Waals surface area contributed by atoms with E-state index >= 15 is 0 Å². The lowest BCUT2D eigenvalue weighted by molar-refractivity contribution is -0.127. The molecule has 2 amide bonds. The number of nitrogens with zero attached hydrogens (tertiary/aromatic N) is 2. The summed E-state index contributed by atoms with van der Waals surface area (Å²) in [5.74, 6) is 0.292. The van der Waals surface area contributed by atoms with Gasteiger partial charge >= 0.3 is 0 Å². The molecule has 154 valence electrons. The summed E-state index contributed by atoms with van der Waals surface area (Å²) in [5.41, 5.74) is 2.08. The molecule has 2 fully saturated rings. The van der Waals surface area contributed by atoms with Crippen LogP contribution in [-0.4, -0.2) is 62.1 Å². The molecule has 0 saturated carbocycles. The molecule has 1 N–H and O–H groups in total. The summed E-state index contributed by atoms with van der Waals surface area (Å²) >= 11 is 0. The van der Waals surface area contributed by atoms with Crippen molar-refractivity contribution < 1.29 is 14.3 Å². The Labute approximate surface area is 168 Å². The highest BCUT2D eigenvalue weighted by molar-refractivity contribution is 6.00. The van der Waals surface area contributed by atoms with Crippen molar-refractivity contribution in [1.29, 1.82) is 0 Å².